The third kappa shape index (κ3) is 2.72. The SMILES string of the molecule is CC1(c2ccccc2)NC(=O)N(NC(=O)c2cccc(Cl)c2)C1=O. The van der Waals surface area contributed by atoms with E-state index in [1.165, 1.54) is 12.1 Å². The van der Waals surface area contributed by atoms with Crippen LogP contribution in [-0.2, 0) is 10.3 Å². The van der Waals surface area contributed by atoms with Crippen molar-refractivity contribution in [1.29, 1.82) is 0 Å². The predicted octanol–water partition coefficient (Wildman–Crippen LogP) is 2.45. The van der Waals surface area contributed by atoms with Crippen LogP contribution < -0.4 is 10.7 Å². The minimum absolute atomic E-state index is 0.247. The van der Waals surface area contributed by atoms with Gasteiger partial charge in [-0.3, -0.25) is 15.0 Å². The lowest BCUT2D eigenvalue weighted by Crippen LogP contribution is -2.47. The first-order chi connectivity index (χ1) is 11.4. The summed E-state index contributed by atoms with van der Waals surface area (Å²) in [6.07, 6.45) is 0. The molecule has 1 aliphatic heterocycles. The molecule has 6 nitrogen and oxygen atoms in total. The first-order valence-electron chi connectivity index (χ1n) is 7.20. The molecule has 1 unspecified atom stereocenters. The van der Waals surface area contributed by atoms with E-state index >= 15 is 0 Å². The van der Waals surface area contributed by atoms with Crippen molar-refractivity contribution in [3.8, 4) is 0 Å². The fourth-order valence-corrected chi connectivity index (χ4v) is 2.69. The van der Waals surface area contributed by atoms with E-state index < -0.39 is 23.4 Å². The molecule has 0 aliphatic carbocycles. The molecule has 1 atom stereocenters. The molecule has 2 aromatic carbocycles. The molecule has 1 saturated heterocycles. The van der Waals surface area contributed by atoms with E-state index in [1.54, 1.807) is 43.3 Å². The zero-order valence-corrected chi connectivity index (χ0v) is 13.5. The molecule has 1 fully saturated rings. The van der Waals surface area contributed by atoms with E-state index in [-0.39, 0.29) is 5.56 Å². The third-order valence-corrected chi connectivity index (χ3v) is 4.08. The molecule has 7 heteroatoms. The number of nitrogens with zero attached hydrogens (tertiary/aromatic N) is 1. The molecule has 3 rings (SSSR count). The number of carbonyl (C=O) groups excluding carboxylic acids is 3. The summed E-state index contributed by atoms with van der Waals surface area (Å²) in [5.41, 5.74) is 1.96. The van der Waals surface area contributed by atoms with Crippen molar-refractivity contribution < 1.29 is 14.4 Å². The number of hydrazine groups is 1. The second-order valence-corrected chi connectivity index (χ2v) is 5.95. The average Bonchev–Trinajstić information content (AvgIpc) is 2.80. The number of benzene rings is 2. The number of halogens is 1. The van der Waals surface area contributed by atoms with Crippen LogP contribution >= 0.6 is 11.6 Å². The van der Waals surface area contributed by atoms with E-state index in [2.05, 4.69) is 10.7 Å². The number of amides is 4. The standard InChI is InChI=1S/C17H14ClN3O3/c1-17(12-7-3-2-4-8-12)15(23)21(16(24)19-17)20-14(22)11-6-5-9-13(18)10-11/h2-10H,1H3,(H,19,24)(H,20,22). The summed E-state index contributed by atoms with van der Waals surface area (Å²) in [5, 5.41) is 3.69. The van der Waals surface area contributed by atoms with Gasteiger partial charge in [-0.1, -0.05) is 48.0 Å². The lowest BCUT2D eigenvalue weighted by molar-refractivity contribution is -0.132. The minimum Gasteiger partial charge on any atom is -0.318 e. The van der Waals surface area contributed by atoms with Crippen LogP contribution in [0.15, 0.2) is 54.6 Å². The van der Waals surface area contributed by atoms with E-state index in [0.717, 1.165) is 0 Å². The third-order valence-electron chi connectivity index (χ3n) is 3.84. The monoisotopic (exact) mass is 343 g/mol. The zero-order valence-electron chi connectivity index (χ0n) is 12.7. The molecule has 0 radical (unpaired) electrons. The Hall–Kier alpha value is -2.86. The molecule has 0 aromatic heterocycles. The highest BCUT2D eigenvalue weighted by Gasteiger charge is 2.50. The molecule has 2 aromatic rings. The maximum absolute atomic E-state index is 12.7. The van der Waals surface area contributed by atoms with Gasteiger partial charge in [0.05, 0.1) is 0 Å². The quantitative estimate of drug-likeness (QED) is 0.840. The number of rotatable bonds is 3. The summed E-state index contributed by atoms with van der Waals surface area (Å²) >= 11 is 5.85. The Morgan fingerprint density at radius 1 is 1.12 bits per heavy atom. The highest BCUT2D eigenvalue weighted by molar-refractivity contribution is 6.31. The molecule has 0 saturated carbocycles. The van der Waals surface area contributed by atoms with Crippen molar-refractivity contribution in [2.75, 3.05) is 0 Å². The van der Waals surface area contributed by atoms with Crippen LogP contribution in [0.2, 0.25) is 5.02 Å². The Morgan fingerprint density at radius 3 is 2.50 bits per heavy atom. The van der Waals surface area contributed by atoms with Gasteiger partial charge in [0.1, 0.15) is 5.54 Å². The lowest BCUT2D eigenvalue weighted by Gasteiger charge is -2.22. The number of nitrogens with one attached hydrogen (secondary N) is 2. The van der Waals surface area contributed by atoms with Gasteiger partial charge >= 0.3 is 6.03 Å². The number of hydrogen-bond donors (Lipinski definition) is 2. The molecule has 0 bridgehead atoms. The number of hydrogen-bond acceptors (Lipinski definition) is 3. The number of imide groups is 1. The Balaban J connectivity index is 1.84. The lowest BCUT2D eigenvalue weighted by atomic mass is 9.92. The summed E-state index contributed by atoms with van der Waals surface area (Å²) < 4.78 is 0. The van der Waals surface area contributed by atoms with Gasteiger partial charge in [0.2, 0.25) is 0 Å². The van der Waals surface area contributed by atoms with Gasteiger partial charge in [-0.25, -0.2) is 4.79 Å². The van der Waals surface area contributed by atoms with Crippen LogP contribution in [0.5, 0.6) is 0 Å². The molecular weight excluding hydrogens is 330 g/mol. The van der Waals surface area contributed by atoms with Gasteiger partial charge in [-0.15, -0.1) is 0 Å². The smallest absolute Gasteiger partial charge is 0.318 e. The zero-order chi connectivity index (χ0) is 17.3. The molecule has 122 valence electrons. The van der Waals surface area contributed by atoms with Crippen LogP contribution in [-0.4, -0.2) is 22.9 Å². The normalized spacial score (nSPS) is 20.0. The second-order valence-electron chi connectivity index (χ2n) is 5.51. The van der Waals surface area contributed by atoms with Crippen LogP contribution in [0, 0.1) is 0 Å². The van der Waals surface area contributed by atoms with Crippen molar-refractivity contribution in [2.45, 2.75) is 12.5 Å². The van der Waals surface area contributed by atoms with Crippen molar-refractivity contribution in [1.82, 2.24) is 15.8 Å². The fraction of sp³-hybridized carbons (Fsp3) is 0.118. The van der Waals surface area contributed by atoms with Crippen LogP contribution in [0.1, 0.15) is 22.8 Å². The highest BCUT2D eigenvalue weighted by atomic mass is 35.5. The summed E-state index contributed by atoms with van der Waals surface area (Å²) in [6, 6.07) is 14.4. The molecular formula is C17H14ClN3O3. The Bertz CT molecular complexity index is 825. The Kier molecular flexibility index (Phi) is 3.99. The van der Waals surface area contributed by atoms with E-state index in [1.807, 2.05) is 6.07 Å². The van der Waals surface area contributed by atoms with Crippen molar-refractivity contribution in [2.24, 2.45) is 0 Å². The predicted molar refractivity (Wildman–Crippen MR) is 88.1 cm³/mol. The molecule has 4 amide bonds. The van der Waals surface area contributed by atoms with Crippen molar-refractivity contribution in [3.63, 3.8) is 0 Å². The van der Waals surface area contributed by atoms with Gasteiger partial charge < -0.3 is 5.32 Å². The first kappa shape index (κ1) is 16.0. The van der Waals surface area contributed by atoms with Gasteiger partial charge in [-0.2, -0.15) is 5.01 Å². The number of carbonyl (C=O) groups is 3. The topological polar surface area (TPSA) is 78.5 Å². The summed E-state index contributed by atoms with van der Waals surface area (Å²) in [4.78, 5) is 37.1. The maximum Gasteiger partial charge on any atom is 0.344 e. The molecule has 1 heterocycles. The average molecular weight is 344 g/mol. The van der Waals surface area contributed by atoms with E-state index in [9.17, 15) is 14.4 Å². The van der Waals surface area contributed by atoms with E-state index in [0.29, 0.717) is 15.6 Å². The van der Waals surface area contributed by atoms with Crippen molar-refractivity contribution in [3.05, 3.63) is 70.7 Å². The van der Waals surface area contributed by atoms with Gasteiger partial charge in [0.15, 0.2) is 0 Å². The van der Waals surface area contributed by atoms with Crippen LogP contribution in [0.4, 0.5) is 4.79 Å². The molecule has 0 spiro atoms. The number of urea groups is 1. The van der Waals surface area contributed by atoms with Crippen LogP contribution in [0.3, 0.4) is 0 Å². The van der Waals surface area contributed by atoms with Gasteiger partial charge in [0.25, 0.3) is 11.8 Å². The minimum atomic E-state index is -1.24. The van der Waals surface area contributed by atoms with E-state index in [4.69, 9.17) is 11.6 Å². The van der Waals surface area contributed by atoms with Crippen LogP contribution in [0.25, 0.3) is 0 Å². The maximum atomic E-state index is 12.7. The summed E-state index contributed by atoms with van der Waals surface area (Å²) in [7, 11) is 0. The van der Waals surface area contributed by atoms with Gasteiger partial charge in [0, 0.05) is 10.6 Å². The first-order valence-corrected chi connectivity index (χ1v) is 7.58. The fourth-order valence-electron chi connectivity index (χ4n) is 2.50. The summed E-state index contributed by atoms with van der Waals surface area (Å²) in [6.45, 7) is 1.59. The van der Waals surface area contributed by atoms with Crippen molar-refractivity contribution >= 4 is 29.4 Å². The largest absolute Gasteiger partial charge is 0.344 e. The highest BCUT2D eigenvalue weighted by Crippen LogP contribution is 2.27. The molecule has 1 aliphatic rings. The Morgan fingerprint density at radius 2 is 1.83 bits per heavy atom. The van der Waals surface area contributed by atoms with Gasteiger partial charge in [-0.05, 0) is 30.7 Å². The molecule has 2 N–H and O–H groups in total. The molecule has 24 heavy (non-hydrogen) atoms. The second kappa shape index (κ2) is 5.98. The Labute approximate surface area is 143 Å². The summed E-state index contributed by atoms with van der Waals surface area (Å²) in [5.74, 6) is -1.16.